The van der Waals surface area contributed by atoms with E-state index in [-0.39, 0.29) is 10.7 Å². The van der Waals surface area contributed by atoms with Crippen LogP contribution < -0.4 is 10.7 Å². The Morgan fingerprint density at radius 3 is 2.59 bits per heavy atom. The molecule has 17 heavy (non-hydrogen) atoms. The predicted octanol–water partition coefficient (Wildman–Crippen LogP) is 2.13. The third-order valence-corrected chi connectivity index (χ3v) is 2.16. The summed E-state index contributed by atoms with van der Waals surface area (Å²) in [5, 5.41) is 6.42. The second-order valence-electron chi connectivity index (χ2n) is 3.03. The molecule has 0 saturated heterocycles. The summed E-state index contributed by atoms with van der Waals surface area (Å²) < 4.78 is 37.7. The van der Waals surface area contributed by atoms with Gasteiger partial charge in [0.25, 0.3) is 0 Å². The Bertz CT molecular complexity index is 429. The van der Waals surface area contributed by atoms with Crippen molar-refractivity contribution >= 4 is 23.5 Å². The molecule has 0 aliphatic heterocycles. The highest BCUT2D eigenvalue weighted by molar-refractivity contribution is 7.80. The lowest BCUT2D eigenvalue weighted by atomic mass is 10.1. The molecule has 0 aliphatic rings. The summed E-state index contributed by atoms with van der Waals surface area (Å²) in [6.07, 6.45) is -3.32. The number of nitrogens with zero attached hydrogens (tertiary/aromatic N) is 1. The molecule has 7 heteroatoms. The lowest BCUT2D eigenvalue weighted by molar-refractivity contribution is -0.137. The summed E-state index contributed by atoms with van der Waals surface area (Å²) in [6, 6.07) is 5.16. The number of benzene rings is 1. The average Bonchev–Trinajstić information content (AvgIpc) is 2.28. The average molecular weight is 261 g/mol. The minimum atomic E-state index is -4.40. The summed E-state index contributed by atoms with van der Waals surface area (Å²) in [5.41, 5.74) is 1.62. The zero-order valence-electron chi connectivity index (χ0n) is 8.88. The number of nitrogens with one attached hydrogen (secondary N) is 2. The van der Waals surface area contributed by atoms with E-state index < -0.39 is 11.7 Å². The van der Waals surface area contributed by atoms with Crippen molar-refractivity contribution in [2.45, 2.75) is 6.18 Å². The van der Waals surface area contributed by atoms with Crippen LogP contribution in [0.1, 0.15) is 11.1 Å². The molecule has 3 nitrogen and oxygen atoms in total. The molecule has 0 radical (unpaired) electrons. The van der Waals surface area contributed by atoms with E-state index in [1.54, 1.807) is 7.05 Å². The molecule has 1 aromatic rings. The van der Waals surface area contributed by atoms with Gasteiger partial charge in [-0.25, -0.2) is 0 Å². The highest BCUT2D eigenvalue weighted by Gasteiger charge is 2.32. The normalized spacial score (nSPS) is 11.5. The predicted molar refractivity (Wildman–Crippen MR) is 63.8 cm³/mol. The summed E-state index contributed by atoms with van der Waals surface area (Å²) in [4.78, 5) is 0. The van der Waals surface area contributed by atoms with Crippen LogP contribution in [-0.4, -0.2) is 18.4 Å². The molecular weight excluding hydrogens is 251 g/mol. The first-order valence-electron chi connectivity index (χ1n) is 4.62. The highest BCUT2D eigenvalue weighted by atomic mass is 32.1. The molecule has 0 bridgehead atoms. The Labute approximate surface area is 102 Å². The number of alkyl halides is 3. The molecule has 0 aromatic heterocycles. The third kappa shape index (κ3) is 4.03. The number of halogens is 3. The van der Waals surface area contributed by atoms with Crippen molar-refractivity contribution < 1.29 is 13.2 Å². The van der Waals surface area contributed by atoms with Gasteiger partial charge in [-0.05, 0) is 18.3 Å². The molecule has 0 spiro atoms. The van der Waals surface area contributed by atoms with Gasteiger partial charge in [-0.15, -0.1) is 0 Å². The SMILES string of the molecule is CNC(=S)N/N=C/c1ccccc1C(F)(F)F. The van der Waals surface area contributed by atoms with Crippen LogP contribution >= 0.6 is 12.2 Å². The molecule has 0 fully saturated rings. The van der Waals surface area contributed by atoms with Crippen LogP contribution in [0.25, 0.3) is 0 Å². The van der Waals surface area contributed by atoms with Gasteiger partial charge in [-0.1, -0.05) is 18.2 Å². The molecule has 0 unspecified atom stereocenters. The fraction of sp³-hybridized carbons (Fsp3) is 0.200. The Kier molecular flexibility index (Phi) is 4.45. The van der Waals surface area contributed by atoms with Crippen LogP contribution in [0.5, 0.6) is 0 Å². The van der Waals surface area contributed by atoms with Crippen LogP contribution in [0.2, 0.25) is 0 Å². The van der Waals surface area contributed by atoms with Gasteiger partial charge >= 0.3 is 6.18 Å². The summed E-state index contributed by atoms with van der Waals surface area (Å²) in [6.45, 7) is 0. The van der Waals surface area contributed by atoms with Crippen molar-refractivity contribution in [1.82, 2.24) is 10.7 Å². The van der Waals surface area contributed by atoms with Crippen LogP contribution in [0.3, 0.4) is 0 Å². The minimum Gasteiger partial charge on any atom is -0.364 e. The quantitative estimate of drug-likeness (QED) is 0.486. The minimum absolute atomic E-state index is 0.0218. The molecular formula is C10H10F3N3S. The largest absolute Gasteiger partial charge is 0.417 e. The first-order chi connectivity index (χ1) is 7.95. The molecule has 0 atom stereocenters. The van der Waals surface area contributed by atoms with E-state index in [9.17, 15) is 13.2 Å². The van der Waals surface area contributed by atoms with Gasteiger partial charge in [-0.2, -0.15) is 18.3 Å². The van der Waals surface area contributed by atoms with Gasteiger partial charge in [0, 0.05) is 12.6 Å². The number of hydrazone groups is 1. The second kappa shape index (κ2) is 5.62. The maximum atomic E-state index is 12.6. The van der Waals surface area contributed by atoms with Gasteiger partial charge in [0.2, 0.25) is 0 Å². The van der Waals surface area contributed by atoms with Crippen molar-refractivity contribution in [2.75, 3.05) is 7.05 Å². The van der Waals surface area contributed by atoms with Gasteiger partial charge in [0.15, 0.2) is 5.11 Å². The zero-order valence-corrected chi connectivity index (χ0v) is 9.69. The van der Waals surface area contributed by atoms with Crippen molar-refractivity contribution in [3.63, 3.8) is 0 Å². The molecule has 0 heterocycles. The molecule has 0 amide bonds. The van der Waals surface area contributed by atoms with Crippen LogP contribution in [-0.2, 0) is 6.18 Å². The third-order valence-electron chi connectivity index (χ3n) is 1.86. The monoisotopic (exact) mass is 261 g/mol. The number of rotatable bonds is 2. The first-order valence-corrected chi connectivity index (χ1v) is 5.03. The Balaban J connectivity index is 2.88. The van der Waals surface area contributed by atoms with Crippen LogP contribution in [0.4, 0.5) is 13.2 Å². The van der Waals surface area contributed by atoms with E-state index in [4.69, 9.17) is 12.2 Å². The summed E-state index contributed by atoms with van der Waals surface area (Å²) in [5.74, 6) is 0. The van der Waals surface area contributed by atoms with Crippen molar-refractivity contribution in [3.8, 4) is 0 Å². The molecule has 2 N–H and O–H groups in total. The summed E-state index contributed by atoms with van der Waals surface area (Å²) >= 11 is 4.72. The number of thiocarbonyl (C=S) groups is 1. The molecule has 0 saturated carbocycles. The lowest BCUT2D eigenvalue weighted by Gasteiger charge is -2.09. The van der Waals surface area contributed by atoms with E-state index >= 15 is 0 Å². The molecule has 1 rings (SSSR count). The smallest absolute Gasteiger partial charge is 0.364 e. The van der Waals surface area contributed by atoms with E-state index in [1.807, 2.05) is 0 Å². The van der Waals surface area contributed by atoms with Crippen LogP contribution in [0, 0.1) is 0 Å². The second-order valence-corrected chi connectivity index (χ2v) is 3.44. The van der Waals surface area contributed by atoms with E-state index in [2.05, 4.69) is 15.8 Å². The van der Waals surface area contributed by atoms with Crippen molar-refractivity contribution in [3.05, 3.63) is 35.4 Å². The molecule has 1 aromatic carbocycles. The molecule has 0 aliphatic carbocycles. The maximum absolute atomic E-state index is 12.6. The van der Waals surface area contributed by atoms with Crippen LogP contribution in [0.15, 0.2) is 29.4 Å². The van der Waals surface area contributed by atoms with Gasteiger partial charge in [0.1, 0.15) is 0 Å². The number of hydrogen-bond acceptors (Lipinski definition) is 2. The summed E-state index contributed by atoms with van der Waals surface area (Å²) in [7, 11) is 1.58. The maximum Gasteiger partial charge on any atom is 0.417 e. The highest BCUT2D eigenvalue weighted by Crippen LogP contribution is 2.30. The number of hydrogen-bond donors (Lipinski definition) is 2. The van der Waals surface area contributed by atoms with Gasteiger partial charge < -0.3 is 5.32 Å². The van der Waals surface area contributed by atoms with E-state index in [1.165, 1.54) is 18.2 Å². The van der Waals surface area contributed by atoms with E-state index in [0.29, 0.717) is 0 Å². The van der Waals surface area contributed by atoms with E-state index in [0.717, 1.165) is 12.3 Å². The fourth-order valence-corrected chi connectivity index (χ4v) is 1.14. The zero-order chi connectivity index (χ0) is 12.9. The fourth-order valence-electron chi connectivity index (χ4n) is 1.08. The standard InChI is InChI=1S/C10H10F3N3S/c1-14-9(17)16-15-6-7-4-2-3-5-8(7)10(11,12)13/h2-6H,1H3,(H2,14,16,17)/b15-6+. The lowest BCUT2D eigenvalue weighted by Crippen LogP contribution is -2.28. The molecule has 92 valence electrons. The van der Waals surface area contributed by atoms with Gasteiger partial charge in [-0.3, -0.25) is 5.43 Å². The Hall–Kier alpha value is -1.63. The van der Waals surface area contributed by atoms with Gasteiger partial charge in [0.05, 0.1) is 11.8 Å². The Morgan fingerprint density at radius 1 is 1.35 bits per heavy atom. The first kappa shape index (κ1) is 13.4. The Morgan fingerprint density at radius 2 is 2.00 bits per heavy atom. The van der Waals surface area contributed by atoms with Crippen molar-refractivity contribution in [1.29, 1.82) is 0 Å². The topological polar surface area (TPSA) is 36.4 Å². The van der Waals surface area contributed by atoms with Crippen molar-refractivity contribution in [2.24, 2.45) is 5.10 Å².